The zero-order valence-electron chi connectivity index (χ0n) is 16.7. The first-order valence-corrected chi connectivity index (χ1v) is 9.56. The Bertz CT molecular complexity index is 957. The van der Waals surface area contributed by atoms with Crippen LogP contribution in [0.4, 0.5) is 16.3 Å². The van der Waals surface area contributed by atoms with E-state index in [9.17, 15) is 9.59 Å². The first-order chi connectivity index (χ1) is 14.6. The molecule has 0 unspecified atom stereocenters. The minimum Gasteiger partial charge on any atom is -0.492 e. The number of ether oxygens (including phenoxy) is 1. The van der Waals surface area contributed by atoms with Crippen LogP contribution in [-0.4, -0.2) is 39.9 Å². The molecule has 2 heterocycles. The minimum atomic E-state index is -0.398. The lowest BCUT2D eigenvalue weighted by molar-refractivity contribution is -0.116. The zero-order valence-corrected chi connectivity index (χ0v) is 16.7. The quantitative estimate of drug-likeness (QED) is 0.504. The molecule has 3 N–H and O–H groups in total. The van der Waals surface area contributed by atoms with Gasteiger partial charge in [-0.3, -0.25) is 9.48 Å². The molecule has 0 saturated heterocycles. The Hall–Kier alpha value is -3.88. The molecule has 0 spiro atoms. The highest BCUT2D eigenvalue weighted by Crippen LogP contribution is 2.17. The summed E-state index contributed by atoms with van der Waals surface area (Å²) >= 11 is 0. The average Bonchev–Trinajstić information content (AvgIpc) is 3.23. The smallest absolute Gasteiger partial charge is 0.319 e. The molecule has 0 aliphatic carbocycles. The number of rotatable bonds is 9. The van der Waals surface area contributed by atoms with E-state index in [4.69, 9.17) is 4.74 Å². The molecule has 9 nitrogen and oxygen atoms in total. The van der Waals surface area contributed by atoms with E-state index in [-0.39, 0.29) is 18.9 Å². The van der Waals surface area contributed by atoms with E-state index in [0.29, 0.717) is 30.4 Å². The zero-order chi connectivity index (χ0) is 21.2. The first kappa shape index (κ1) is 20.8. The molecular weight excluding hydrogens is 384 g/mol. The molecule has 0 aliphatic heterocycles. The monoisotopic (exact) mass is 408 g/mol. The van der Waals surface area contributed by atoms with Crippen molar-refractivity contribution in [3.8, 4) is 5.75 Å². The fourth-order valence-electron chi connectivity index (χ4n) is 2.57. The molecule has 30 heavy (non-hydrogen) atoms. The molecule has 9 heteroatoms. The van der Waals surface area contributed by atoms with E-state index < -0.39 is 6.03 Å². The average molecular weight is 408 g/mol. The van der Waals surface area contributed by atoms with E-state index in [1.807, 2.05) is 31.3 Å². The van der Waals surface area contributed by atoms with Crippen molar-refractivity contribution >= 4 is 23.4 Å². The lowest BCUT2D eigenvalue weighted by atomic mass is 10.3. The van der Waals surface area contributed by atoms with Crippen molar-refractivity contribution in [2.24, 2.45) is 0 Å². The number of hydrogen-bond acceptors (Lipinski definition) is 5. The molecular formula is C21H24N6O3. The van der Waals surface area contributed by atoms with Gasteiger partial charge in [0.25, 0.3) is 0 Å². The van der Waals surface area contributed by atoms with Gasteiger partial charge in [0.15, 0.2) is 0 Å². The Labute approximate surface area is 174 Å². The van der Waals surface area contributed by atoms with Crippen molar-refractivity contribution in [1.29, 1.82) is 0 Å². The third kappa shape index (κ3) is 6.93. The summed E-state index contributed by atoms with van der Waals surface area (Å²) in [6.07, 6.45) is 5.39. The molecule has 3 rings (SSSR count). The maximum atomic E-state index is 12.1. The minimum absolute atomic E-state index is 0.138. The predicted octanol–water partition coefficient (Wildman–Crippen LogP) is 2.82. The molecule has 3 amide bonds. The maximum absolute atomic E-state index is 12.1. The van der Waals surface area contributed by atoms with Crippen LogP contribution in [0.3, 0.4) is 0 Å². The number of carbonyl (C=O) groups is 2. The van der Waals surface area contributed by atoms with E-state index in [1.54, 1.807) is 41.3 Å². The summed E-state index contributed by atoms with van der Waals surface area (Å²) in [6.45, 7) is 3.21. The Balaban J connectivity index is 1.36. The fourth-order valence-corrected chi connectivity index (χ4v) is 2.57. The number of nitrogens with one attached hydrogen (secondary N) is 3. The molecule has 0 saturated carbocycles. The van der Waals surface area contributed by atoms with Crippen molar-refractivity contribution in [1.82, 2.24) is 20.1 Å². The molecule has 2 aromatic heterocycles. The molecule has 156 valence electrons. The number of benzene rings is 1. The van der Waals surface area contributed by atoms with E-state index in [2.05, 4.69) is 26.0 Å². The standard InChI is InChI=1S/C21H24N6O3/c1-16-6-7-19(23-15-16)26-20(28)8-10-22-21(29)25-17-4-2-5-18(14-17)30-13-12-27-11-3-9-24-27/h2-7,9,11,14-15H,8,10,12-13H2,1H3,(H2,22,25,29)(H,23,26,28). The summed E-state index contributed by atoms with van der Waals surface area (Å²) in [5.41, 5.74) is 1.61. The number of hydrogen-bond donors (Lipinski definition) is 3. The molecule has 0 bridgehead atoms. The molecule has 0 atom stereocenters. The number of urea groups is 1. The second-order valence-electron chi connectivity index (χ2n) is 6.55. The van der Waals surface area contributed by atoms with Crippen molar-refractivity contribution in [2.75, 3.05) is 23.8 Å². The summed E-state index contributed by atoms with van der Waals surface area (Å²) < 4.78 is 7.47. The third-order valence-corrected chi connectivity index (χ3v) is 4.06. The van der Waals surface area contributed by atoms with Gasteiger partial charge in [0, 0.05) is 43.3 Å². The molecule has 3 aromatic rings. The van der Waals surface area contributed by atoms with Gasteiger partial charge in [0.05, 0.1) is 6.54 Å². The van der Waals surface area contributed by atoms with Gasteiger partial charge in [-0.2, -0.15) is 5.10 Å². The molecule has 0 aliphatic rings. The summed E-state index contributed by atoms with van der Waals surface area (Å²) in [7, 11) is 0. The highest BCUT2D eigenvalue weighted by atomic mass is 16.5. The maximum Gasteiger partial charge on any atom is 0.319 e. The highest BCUT2D eigenvalue weighted by Gasteiger charge is 2.06. The van der Waals surface area contributed by atoms with Crippen LogP contribution in [0.2, 0.25) is 0 Å². The van der Waals surface area contributed by atoms with Crippen LogP contribution in [-0.2, 0) is 11.3 Å². The number of carbonyl (C=O) groups excluding carboxylic acids is 2. The van der Waals surface area contributed by atoms with Gasteiger partial charge in [-0.15, -0.1) is 0 Å². The number of anilines is 2. The second-order valence-corrected chi connectivity index (χ2v) is 6.55. The normalized spacial score (nSPS) is 10.3. The van der Waals surface area contributed by atoms with Gasteiger partial charge in [-0.25, -0.2) is 9.78 Å². The van der Waals surface area contributed by atoms with Crippen molar-refractivity contribution in [3.63, 3.8) is 0 Å². The van der Waals surface area contributed by atoms with Crippen LogP contribution < -0.4 is 20.7 Å². The van der Waals surface area contributed by atoms with E-state index in [0.717, 1.165) is 5.56 Å². The Morgan fingerprint density at radius 1 is 1.13 bits per heavy atom. The predicted molar refractivity (Wildman–Crippen MR) is 113 cm³/mol. The number of nitrogens with zero attached hydrogens (tertiary/aromatic N) is 3. The van der Waals surface area contributed by atoms with Crippen molar-refractivity contribution in [3.05, 3.63) is 66.6 Å². The largest absolute Gasteiger partial charge is 0.492 e. The summed E-state index contributed by atoms with van der Waals surface area (Å²) in [4.78, 5) is 28.1. The number of aryl methyl sites for hydroxylation is 1. The van der Waals surface area contributed by atoms with Crippen LogP contribution in [0, 0.1) is 6.92 Å². The second kappa shape index (κ2) is 10.6. The first-order valence-electron chi connectivity index (χ1n) is 9.56. The van der Waals surface area contributed by atoms with Gasteiger partial charge >= 0.3 is 6.03 Å². The Morgan fingerprint density at radius 2 is 2.03 bits per heavy atom. The third-order valence-electron chi connectivity index (χ3n) is 4.06. The van der Waals surface area contributed by atoms with Crippen LogP contribution in [0.5, 0.6) is 5.75 Å². The van der Waals surface area contributed by atoms with Gasteiger partial charge in [0.1, 0.15) is 18.2 Å². The number of amides is 3. The van der Waals surface area contributed by atoms with E-state index >= 15 is 0 Å². The van der Waals surface area contributed by atoms with Gasteiger partial charge in [-0.1, -0.05) is 12.1 Å². The van der Waals surface area contributed by atoms with Crippen LogP contribution >= 0.6 is 0 Å². The topological polar surface area (TPSA) is 110 Å². The molecule has 1 aromatic carbocycles. The van der Waals surface area contributed by atoms with Gasteiger partial charge in [0.2, 0.25) is 5.91 Å². The van der Waals surface area contributed by atoms with E-state index in [1.165, 1.54) is 0 Å². The molecule has 0 fully saturated rings. The Morgan fingerprint density at radius 3 is 2.80 bits per heavy atom. The SMILES string of the molecule is Cc1ccc(NC(=O)CCNC(=O)Nc2cccc(OCCn3cccn3)c2)nc1. The van der Waals surface area contributed by atoms with Crippen molar-refractivity contribution in [2.45, 2.75) is 19.9 Å². The van der Waals surface area contributed by atoms with Gasteiger partial charge in [-0.05, 0) is 36.8 Å². The number of pyridine rings is 1. The molecule has 0 radical (unpaired) electrons. The van der Waals surface area contributed by atoms with Crippen LogP contribution in [0.25, 0.3) is 0 Å². The van der Waals surface area contributed by atoms with Crippen LogP contribution in [0.1, 0.15) is 12.0 Å². The van der Waals surface area contributed by atoms with Crippen molar-refractivity contribution < 1.29 is 14.3 Å². The lowest BCUT2D eigenvalue weighted by Crippen LogP contribution is -2.31. The summed E-state index contributed by atoms with van der Waals surface area (Å²) in [5.74, 6) is 0.906. The summed E-state index contributed by atoms with van der Waals surface area (Å²) in [6, 6.07) is 12.2. The Kier molecular flexibility index (Phi) is 7.37. The lowest BCUT2D eigenvalue weighted by Gasteiger charge is -2.10. The number of aromatic nitrogens is 3. The fraction of sp³-hybridized carbons (Fsp3) is 0.238. The highest BCUT2D eigenvalue weighted by molar-refractivity contribution is 5.92. The van der Waals surface area contributed by atoms with Crippen LogP contribution in [0.15, 0.2) is 61.1 Å². The van der Waals surface area contributed by atoms with Gasteiger partial charge < -0.3 is 20.7 Å². The summed E-state index contributed by atoms with van der Waals surface area (Å²) in [5, 5.41) is 12.2.